The maximum absolute atomic E-state index is 12.1. The van der Waals surface area contributed by atoms with Crippen molar-refractivity contribution in [1.82, 2.24) is 10.2 Å². The lowest BCUT2D eigenvalue weighted by Gasteiger charge is -2.13. The highest BCUT2D eigenvalue weighted by Crippen LogP contribution is 2.23. The third kappa shape index (κ3) is 3.65. The molecule has 1 atom stereocenters. The van der Waals surface area contributed by atoms with Crippen LogP contribution in [0, 0.1) is 6.92 Å². The third-order valence-electron chi connectivity index (χ3n) is 3.38. The minimum Gasteiger partial charge on any atom is -0.326 e. The molecule has 1 aromatic rings. The van der Waals surface area contributed by atoms with Gasteiger partial charge in [-0.3, -0.25) is 14.5 Å². The first kappa shape index (κ1) is 16.5. The van der Waals surface area contributed by atoms with E-state index < -0.39 is 18.0 Å². The van der Waals surface area contributed by atoms with E-state index in [1.54, 1.807) is 6.07 Å². The number of anilines is 1. The number of urea groups is 1. The third-order valence-corrected chi connectivity index (χ3v) is 4.04. The lowest BCUT2D eigenvalue weighted by Crippen LogP contribution is -2.38. The lowest BCUT2D eigenvalue weighted by atomic mass is 10.2. The molecule has 1 saturated heterocycles. The number of nitrogens with zero attached hydrogens (tertiary/aromatic N) is 1. The van der Waals surface area contributed by atoms with Gasteiger partial charge in [-0.1, -0.05) is 19.4 Å². The van der Waals surface area contributed by atoms with Gasteiger partial charge in [-0.25, -0.2) is 4.79 Å². The fourth-order valence-electron chi connectivity index (χ4n) is 2.27. The quantitative estimate of drug-likeness (QED) is 0.784. The standard InChI is InChI=1S/C15H18BrN3O3/c1-3-4-12-14(21)19(15(22)18-12)8-13(20)17-11-6-5-9(2)7-10(11)16/h5-7,12H,3-4,8H2,1-2H3,(H,17,20)(H,18,22). The van der Waals surface area contributed by atoms with Gasteiger partial charge in [-0.15, -0.1) is 0 Å². The molecule has 0 aromatic heterocycles. The summed E-state index contributed by atoms with van der Waals surface area (Å²) in [6, 6.07) is 4.48. The van der Waals surface area contributed by atoms with Crippen LogP contribution in [0.15, 0.2) is 22.7 Å². The number of aryl methyl sites for hydroxylation is 1. The number of amides is 4. The van der Waals surface area contributed by atoms with Gasteiger partial charge in [-0.05, 0) is 47.0 Å². The molecule has 1 fully saturated rings. The number of rotatable bonds is 5. The zero-order valence-corrected chi connectivity index (χ0v) is 14.1. The maximum Gasteiger partial charge on any atom is 0.325 e. The molecule has 2 rings (SSSR count). The molecule has 2 N–H and O–H groups in total. The summed E-state index contributed by atoms with van der Waals surface area (Å²) >= 11 is 3.37. The minimum atomic E-state index is -0.517. The summed E-state index contributed by atoms with van der Waals surface area (Å²) in [5.74, 6) is -0.754. The Morgan fingerprint density at radius 1 is 1.41 bits per heavy atom. The summed E-state index contributed by atoms with van der Waals surface area (Å²) in [5, 5.41) is 5.28. The summed E-state index contributed by atoms with van der Waals surface area (Å²) in [6.45, 7) is 3.59. The number of carbonyl (C=O) groups excluding carboxylic acids is 3. The van der Waals surface area contributed by atoms with E-state index >= 15 is 0 Å². The van der Waals surface area contributed by atoms with E-state index in [1.165, 1.54) is 0 Å². The van der Waals surface area contributed by atoms with Crippen LogP contribution >= 0.6 is 15.9 Å². The first-order chi connectivity index (χ1) is 10.4. The van der Waals surface area contributed by atoms with Gasteiger partial charge in [0.15, 0.2) is 0 Å². The van der Waals surface area contributed by atoms with Crippen LogP contribution in [0.4, 0.5) is 10.5 Å². The van der Waals surface area contributed by atoms with Crippen molar-refractivity contribution in [2.75, 3.05) is 11.9 Å². The fraction of sp³-hybridized carbons (Fsp3) is 0.400. The predicted octanol–water partition coefficient (Wildman–Crippen LogP) is 2.42. The van der Waals surface area contributed by atoms with Crippen molar-refractivity contribution in [3.05, 3.63) is 28.2 Å². The first-order valence-corrected chi connectivity index (χ1v) is 7.89. The van der Waals surface area contributed by atoms with Gasteiger partial charge < -0.3 is 10.6 Å². The summed E-state index contributed by atoms with van der Waals surface area (Å²) in [5.41, 5.74) is 1.66. The second kappa shape index (κ2) is 6.91. The Hall–Kier alpha value is -1.89. The van der Waals surface area contributed by atoms with E-state index in [2.05, 4.69) is 26.6 Å². The van der Waals surface area contributed by atoms with Crippen molar-refractivity contribution in [3.63, 3.8) is 0 Å². The Balaban J connectivity index is 2.00. The highest BCUT2D eigenvalue weighted by Gasteiger charge is 2.38. The second-order valence-corrected chi connectivity index (χ2v) is 6.10. The van der Waals surface area contributed by atoms with Crippen LogP contribution in [0.25, 0.3) is 0 Å². The van der Waals surface area contributed by atoms with Gasteiger partial charge in [0.05, 0.1) is 5.69 Å². The van der Waals surface area contributed by atoms with Crippen molar-refractivity contribution in [3.8, 4) is 0 Å². The molecule has 1 heterocycles. The summed E-state index contributed by atoms with van der Waals surface area (Å²) in [7, 11) is 0. The van der Waals surface area contributed by atoms with Crippen molar-refractivity contribution in [1.29, 1.82) is 0 Å². The Morgan fingerprint density at radius 2 is 2.14 bits per heavy atom. The topological polar surface area (TPSA) is 78.5 Å². The molecular weight excluding hydrogens is 350 g/mol. The Bertz CT molecular complexity index is 618. The number of imide groups is 1. The van der Waals surface area contributed by atoms with E-state index in [9.17, 15) is 14.4 Å². The second-order valence-electron chi connectivity index (χ2n) is 5.25. The lowest BCUT2D eigenvalue weighted by molar-refractivity contribution is -0.130. The van der Waals surface area contributed by atoms with Crippen LogP contribution < -0.4 is 10.6 Å². The molecule has 0 spiro atoms. The van der Waals surface area contributed by atoms with Crippen LogP contribution in [0.3, 0.4) is 0 Å². The van der Waals surface area contributed by atoms with E-state index in [-0.39, 0.29) is 12.5 Å². The molecule has 1 aliphatic heterocycles. The van der Waals surface area contributed by atoms with Gasteiger partial charge in [0.2, 0.25) is 5.91 Å². The smallest absolute Gasteiger partial charge is 0.325 e. The highest BCUT2D eigenvalue weighted by molar-refractivity contribution is 9.10. The zero-order chi connectivity index (χ0) is 16.3. The van der Waals surface area contributed by atoms with Gasteiger partial charge in [0.25, 0.3) is 5.91 Å². The zero-order valence-electron chi connectivity index (χ0n) is 12.5. The molecule has 118 valence electrons. The Morgan fingerprint density at radius 3 is 2.77 bits per heavy atom. The van der Waals surface area contributed by atoms with Crippen LogP contribution in [0.2, 0.25) is 0 Å². The van der Waals surface area contributed by atoms with Gasteiger partial charge in [0, 0.05) is 4.47 Å². The van der Waals surface area contributed by atoms with Crippen molar-refractivity contribution >= 4 is 39.5 Å². The Kier molecular flexibility index (Phi) is 5.18. The molecule has 0 bridgehead atoms. The van der Waals surface area contributed by atoms with Crippen LogP contribution in [-0.4, -0.2) is 35.3 Å². The van der Waals surface area contributed by atoms with Gasteiger partial charge in [-0.2, -0.15) is 0 Å². The van der Waals surface area contributed by atoms with Gasteiger partial charge in [0.1, 0.15) is 12.6 Å². The number of halogens is 1. The van der Waals surface area contributed by atoms with Crippen molar-refractivity contribution < 1.29 is 14.4 Å². The molecule has 4 amide bonds. The summed E-state index contributed by atoms with van der Waals surface area (Å²) < 4.78 is 0.752. The fourth-order valence-corrected chi connectivity index (χ4v) is 2.86. The number of hydrogen-bond acceptors (Lipinski definition) is 3. The summed E-state index contributed by atoms with van der Waals surface area (Å²) in [6.07, 6.45) is 1.36. The van der Waals surface area contributed by atoms with Gasteiger partial charge >= 0.3 is 6.03 Å². The Labute approximate surface area is 137 Å². The minimum absolute atomic E-state index is 0.287. The average molecular weight is 368 g/mol. The van der Waals surface area contributed by atoms with Crippen LogP contribution in [-0.2, 0) is 9.59 Å². The molecule has 22 heavy (non-hydrogen) atoms. The molecule has 0 aliphatic carbocycles. The highest BCUT2D eigenvalue weighted by atomic mass is 79.9. The average Bonchev–Trinajstić information content (AvgIpc) is 2.70. The monoisotopic (exact) mass is 367 g/mol. The van der Waals surface area contributed by atoms with E-state index in [1.807, 2.05) is 26.0 Å². The van der Waals surface area contributed by atoms with Crippen molar-refractivity contribution in [2.24, 2.45) is 0 Å². The molecule has 1 unspecified atom stereocenters. The van der Waals surface area contributed by atoms with Crippen LogP contribution in [0.5, 0.6) is 0 Å². The predicted molar refractivity (Wildman–Crippen MR) is 86.4 cm³/mol. The molecular formula is C15H18BrN3O3. The number of carbonyl (C=O) groups is 3. The molecule has 1 aromatic carbocycles. The van der Waals surface area contributed by atoms with E-state index in [0.29, 0.717) is 12.1 Å². The molecule has 6 nitrogen and oxygen atoms in total. The molecule has 0 saturated carbocycles. The van der Waals surface area contributed by atoms with E-state index in [4.69, 9.17) is 0 Å². The first-order valence-electron chi connectivity index (χ1n) is 7.10. The number of nitrogens with one attached hydrogen (secondary N) is 2. The number of benzene rings is 1. The largest absolute Gasteiger partial charge is 0.326 e. The van der Waals surface area contributed by atoms with Crippen LogP contribution in [0.1, 0.15) is 25.3 Å². The normalized spacial score (nSPS) is 17.6. The molecule has 7 heteroatoms. The molecule has 0 radical (unpaired) electrons. The SMILES string of the molecule is CCCC1NC(=O)N(CC(=O)Nc2ccc(C)cc2Br)C1=O. The maximum atomic E-state index is 12.1. The van der Waals surface area contributed by atoms with Crippen molar-refractivity contribution in [2.45, 2.75) is 32.7 Å². The molecule has 1 aliphatic rings. The number of hydrogen-bond donors (Lipinski definition) is 2. The summed E-state index contributed by atoms with van der Waals surface area (Å²) in [4.78, 5) is 36.8. The van der Waals surface area contributed by atoms with E-state index in [0.717, 1.165) is 21.4 Å².